The molecule has 1 N–H and O–H groups in total. The van der Waals surface area contributed by atoms with Crippen LogP contribution >= 0.6 is 23.2 Å². The molecule has 2 amide bonds. The first-order valence-corrected chi connectivity index (χ1v) is 8.14. The summed E-state index contributed by atoms with van der Waals surface area (Å²) in [5, 5.41) is 3.49. The van der Waals surface area contributed by atoms with Gasteiger partial charge < -0.3 is 10.2 Å². The molecule has 2 aromatic carbocycles. The molecule has 0 fully saturated rings. The highest BCUT2D eigenvalue weighted by molar-refractivity contribution is 6.42. The molecule has 6 heteroatoms. The Morgan fingerprint density at radius 2 is 1.79 bits per heavy atom. The van der Waals surface area contributed by atoms with Crippen LogP contribution < -0.4 is 10.2 Å². The van der Waals surface area contributed by atoms with Gasteiger partial charge in [0.2, 0.25) is 11.8 Å². The molecule has 0 atom stereocenters. The number of hydrogen-bond acceptors (Lipinski definition) is 2. The number of carbonyl (C=O) groups is 2. The Bertz CT molecular complexity index is 791. The fraction of sp³-hybridized carbons (Fsp3) is 0.222. The summed E-state index contributed by atoms with van der Waals surface area (Å²) in [4.78, 5) is 25.8. The lowest BCUT2D eigenvalue weighted by Gasteiger charge is -2.23. The Morgan fingerprint density at radius 3 is 2.42 bits per heavy atom. The van der Waals surface area contributed by atoms with Gasteiger partial charge in [0.05, 0.1) is 10.0 Å². The Kier molecular flexibility index (Phi) is 5.86. The fourth-order valence-corrected chi connectivity index (χ4v) is 2.61. The van der Waals surface area contributed by atoms with Crippen molar-refractivity contribution < 1.29 is 9.59 Å². The monoisotopic (exact) mass is 364 g/mol. The first kappa shape index (κ1) is 18.3. The van der Waals surface area contributed by atoms with E-state index in [9.17, 15) is 9.59 Å². The summed E-state index contributed by atoms with van der Waals surface area (Å²) in [5.74, 6) is -0.516. The summed E-state index contributed by atoms with van der Waals surface area (Å²) >= 11 is 11.8. The van der Waals surface area contributed by atoms with Crippen molar-refractivity contribution in [1.82, 2.24) is 0 Å². The van der Waals surface area contributed by atoms with E-state index in [1.54, 1.807) is 18.2 Å². The fourth-order valence-electron chi connectivity index (χ4n) is 2.31. The van der Waals surface area contributed by atoms with E-state index < -0.39 is 0 Å². The second kappa shape index (κ2) is 7.69. The molecule has 0 aromatic heterocycles. The van der Waals surface area contributed by atoms with Gasteiger partial charge in [0.15, 0.2) is 0 Å². The SMILES string of the molecule is CC(=O)N(CC(=O)Nc1ccc(Cl)c(Cl)c1)c1cccc(C)c1C. The van der Waals surface area contributed by atoms with Crippen LogP contribution in [0.15, 0.2) is 36.4 Å². The number of nitrogens with one attached hydrogen (secondary N) is 1. The summed E-state index contributed by atoms with van der Waals surface area (Å²) in [5.41, 5.74) is 3.28. The third kappa shape index (κ3) is 4.28. The third-order valence-electron chi connectivity index (χ3n) is 3.75. The van der Waals surface area contributed by atoms with E-state index in [0.29, 0.717) is 15.7 Å². The van der Waals surface area contributed by atoms with Crippen LogP contribution in [0, 0.1) is 13.8 Å². The van der Waals surface area contributed by atoms with Gasteiger partial charge in [-0.1, -0.05) is 35.3 Å². The minimum atomic E-state index is -0.315. The highest BCUT2D eigenvalue weighted by Gasteiger charge is 2.18. The van der Waals surface area contributed by atoms with Crippen LogP contribution in [-0.2, 0) is 9.59 Å². The number of amides is 2. The lowest BCUT2D eigenvalue weighted by molar-refractivity contribution is -0.120. The van der Waals surface area contributed by atoms with Gasteiger partial charge >= 0.3 is 0 Å². The number of nitrogens with zero attached hydrogens (tertiary/aromatic N) is 1. The molecule has 0 radical (unpaired) electrons. The Hall–Kier alpha value is -2.04. The molecule has 2 aromatic rings. The second-order valence-corrected chi connectivity index (χ2v) is 6.32. The van der Waals surface area contributed by atoms with Crippen LogP contribution in [0.1, 0.15) is 18.1 Å². The predicted octanol–water partition coefficient (Wildman–Crippen LogP) is 4.60. The topological polar surface area (TPSA) is 49.4 Å². The van der Waals surface area contributed by atoms with Crippen LogP contribution in [0.2, 0.25) is 10.0 Å². The molecule has 126 valence electrons. The van der Waals surface area contributed by atoms with Crippen molar-refractivity contribution in [3.8, 4) is 0 Å². The van der Waals surface area contributed by atoms with Crippen molar-refractivity contribution in [1.29, 1.82) is 0 Å². The number of rotatable bonds is 4. The second-order valence-electron chi connectivity index (χ2n) is 5.50. The van der Waals surface area contributed by atoms with Crippen LogP contribution in [0.5, 0.6) is 0 Å². The van der Waals surface area contributed by atoms with E-state index in [0.717, 1.165) is 16.8 Å². The van der Waals surface area contributed by atoms with Crippen molar-refractivity contribution in [2.75, 3.05) is 16.8 Å². The molecule has 0 heterocycles. The maximum absolute atomic E-state index is 12.3. The van der Waals surface area contributed by atoms with Crippen molar-refractivity contribution in [2.45, 2.75) is 20.8 Å². The zero-order valence-electron chi connectivity index (χ0n) is 13.7. The summed E-state index contributed by atoms with van der Waals surface area (Å²) in [7, 11) is 0. The van der Waals surface area contributed by atoms with Crippen molar-refractivity contribution >= 4 is 46.4 Å². The summed E-state index contributed by atoms with van der Waals surface area (Å²) in [6.07, 6.45) is 0. The number of aryl methyl sites for hydroxylation is 1. The molecule has 2 rings (SSSR count). The molecule has 0 aliphatic heterocycles. The van der Waals surface area contributed by atoms with E-state index in [4.69, 9.17) is 23.2 Å². The van der Waals surface area contributed by atoms with Crippen LogP contribution in [0.4, 0.5) is 11.4 Å². The van der Waals surface area contributed by atoms with Gasteiger partial charge in [0.25, 0.3) is 0 Å². The van der Waals surface area contributed by atoms with E-state index in [2.05, 4.69) is 5.32 Å². The van der Waals surface area contributed by atoms with E-state index in [1.165, 1.54) is 11.8 Å². The molecule has 0 aliphatic carbocycles. The van der Waals surface area contributed by atoms with Crippen LogP contribution in [-0.4, -0.2) is 18.4 Å². The van der Waals surface area contributed by atoms with Crippen molar-refractivity contribution in [3.63, 3.8) is 0 Å². The zero-order chi connectivity index (χ0) is 17.9. The summed E-state index contributed by atoms with van der Waals surface area (Å²) in [6.45, 7) is 5.25. The Morgan fingerprint density at radius 1 is 1.08 bits per heavy atom. The van der Waals surface area contributed by atoms with Gasteiger partial charge in [-0.25, -0.2) is 0 Å². The van der Waals surface area contributed by atoms with Crippen LogP contribution in [0.3, 0.4) is 0 Å². The molecule has 4 nitrogen and oxygen atoms in total. The third-order valence-corrected chi connectivity index (χ3v) is 4.49. The van der Waals surface area contributed by atoms with Crippen molar-refractivity contribution in [2.24, 2.45) is 0 Å². The van der Waals surface area contributed by atoms with Gasteiger partial charge in [-0.05, 0) is 49.2 Å². The Balaban J connectivity index is 2.18. The maximum Gasteiger partial charge on any atom is 0.244 e. The Labute approximate surface area is 151 Å². The molecule has 0 aliphatic rings. The molecule has 0 bridgehead atoms. The number of halogens is 2. The standard InChI is InChI=1S/C18H18Cl2N2O2/c1-11-5-4-6-17(12(11)2)22(13(3)23)10-18(24)21-14-7-8-15(19)16(20)9-14/h4-9H,10H2,1-3H3,(H,21,24). The van der Waals surface area contributed by atoms with Gasteiger partial charge in [-0.2, -0.15) is 0 Å². The zero-order valence-corrected chi connectivity index (χ0v) is 15.2. The quantitative estimate of drug-likeness (QED) is 0.861. The molecule has 0 unspecified atom stereocenters. The summed E-state index contributed by atoms with van der Waals surface area (Å²) < 4.78 is 0. The molecule has 24 heavy (non-hydrogen) atoms. The molecular weight excluding hydrogens is 347 g/mol. The summed E-state index contributed by atoms with van der Waals surface area (Å²) in [6, 6.07) is 10.5. The lowest BCUT2D eigenvalue weighted by Crippen LogP contribution is -2.37. The van der Waals surface area contributed by atoms with E-state index in [-0.39, 0.29) is 18.4 Å². The van der Waals surface area contributed by atoms with Gasteiger partial charge in [-0.15, -0.1) is 0 Å². The maximum atomic E-state index is 12.3. The van der Waals surface area contributed by atoms with E-state index in [1.807, 2.05) is 32.0 Å². The van der Waals surface area contributed by atoms with Crippen LogP contribution in [0.25, 0.3) is 0 Å². The number of hydrogen-bond donors (Lipinski definition) is 1. The number of anilines is 2. The average molecular weight is 365 g/mol. The molecular formula is C18H18Cl2N2O2. The first-order valence-electron chi connectivity index (χ1n) is 7.39. The minimum absolute atomic E-state index is 0.0835. The molecule has 0 spiro atoms. The molecule has 0 saturated heterocycles. The predicted molar refractivity (Wildman–Crippen MR) is 99.0 cm³/mol. The highest BCUT2D eigenvalue weighted by atomic mass is 35.5. The largest absolute Gasteiger partial charge is 0.324 e. The number of carbonyl (C=O) groups excluding carboxylic acids is 2. The minimum Gasteiger partial charge on any atom is -0.324 e. The van der Waals surface area contributed by atoms with E-state index >= 15 is 0 Å². The van der Waals surface area contributed by atoms with Gasteiger partial charge in [0.1, 0.15) is 6.54 Å². The lowest BCUT2D eigenvalue weighted by atomic mass is 10.1. The average Bonchev–Trinajstić information content (AvgIpc) is 2.51. The van der Waals surface area contributed by atoms with Gasteiger partial charge in [0, 0.05) is 18.3 Å². The number of benzene rings is 2. The highest BCUT2D eigenvalue weighted by Crippen LogP contribution is 2.26. The van der Waals surface area contributed by atoms with Gasteiger partial charge in [-0.3, -0.25) is 9.59 Å². The smallest absolute Gasteiger partial charge is 0.244 e. The molecule has 0 saturated carbocycles. The normalized spacial score (nSPS) is 10.4. The first-order chi connectivity index (χ1) is 11.3. The van der Waals surface area contributed by atoms with Crippen molar-refractivity contribution in [3.05, 3.63) is 57.6 Å².